The second-order valence-corrected chi connectivity index (χ2v) is 36.1. The molecule has 2 aliphatic heterocycles. The van der Waals surface area contributed by atoms with E-state index >= 15 is 0 Å². The van der Waals surface area contributed by atoms with E-state index in [2.05, 4.69) is 388 Å². The monoisotopic (exact) mass is 1760 g/mol. The Hall–Kier alpha value is -18.4. The summed E-state index contributed by atoms with van der Waals surface area (Å²) in [7, 11) is 0. The minimum Gasteiger partial charge on any atom is -0.457 e. The lowest BCUT2D eigenvalue weighted by molar-refractivity contribution is 0.436. The molecule has 0 saturated carbocycles. The molecule has 138 heavy (non-hydrogen) atoms. The summed E-state index contributed by atoms with van der Waals surface area (Å²) in [6, 6.07) is 164. The number of para-hydroxylation sites is 6. The van der Waals surface area contributed by atoms with Gasteiger partial charge in [0, 0.05) is 71.6 Å². The molecule has 642 valence electrons. The fourth-order valence-corrected chi connectivity index (χ4v) is 22.3. The topological polar surface area (TPSA) is 122 Å². The number of furan rings is 2. The third-order valence-corrected chi connectivity index (χ3v) is 28.6. The Balaban J connectivity index is 0.529. The summed E-state index contributed by atoms with van der Waals surface area (Å²) in [6.45, 7) is 0. The van der Waals surface area contributed by atoms with Gasteiger partial charge in [0.1, 0.15) is 45.3 Å². The van der Waals surface area contributed by atoms with Crippen molar-refractivity contribution in [3.63, 3.8) is 0 Å². The number of nitrogens with zero attached hydrogens (tertiary/aromatic N) is 6. The third kappa shape index (κ3) is 12.3. The van der Waals surface area contributed by atoms with E-state index in [0.717, 1.165) is 228 Å². The van der Waals surface area contributed by atoms with Crippen LogP contribution in [0.1, 0.15) is 44.5 Å². The van der Waals surface area contributed by atoms with E-state index in [9.17, 15) is 0 Å². The van der Waals surface area contributed by atoms with Gasteiger partial charge in [-0.2, -0.15) is 0 Å². The first kappa shape index (κ1) is 78.3. The molecule has 10 heteroatoms. The molecule has 4 aliphatic rings. The molecular formula is C128H76N6O4. The Morgan fingerprint density at radius 1 is 0.152 bits per heavy atom. The normalized spacial score (nSPS) is 13.0. The van der Waals surface area contributed by atoms with Gasteiger partial charge in [0.15, 0.2) is 34.9 Å². The summed E-state index contributed by atoms with van der Waals surface area (Å²) in [6.07, 6.45) is 0. The van der Waals surface area contributed by atoms with Crippen molar-refractivity contribution < 1.29 is 18.3 Å². The van der Waals surface area contributed by atoms with Crippen LogP contribution in [0.4, 0.5) is 0 Å². The van der Waals surface area contributed by atoms with Gasteiger partial charge in [-0.3, -0.25) is 0 Å². The van der Waals surface area contributed by atoms with Crippen LogP contribution in [-0.4, -0.2) is 29.9 Å². The molecule has 0 saturated heterocycles. The molecule has 0 fully saturated rings. The Morgan fingerprint density at radius 3 is 0.986 bits per heavy atom. The minimum absolute atomic E-state index is 0.482. The average Bonchev–Trinajstić information content (AvgIpc) is 1.53. The van der Waals surface area contributed by atoms with Crippen molar-refractivity contribution in [2.24, 2.45) is 0 Å². The molecule has 0 radical (unpaired) electrons. The van der Waals surface area contributed by atoms with Crippen LogP contribution in [-0.2, 0) is 10.8 Å². The molecule has 0 bridgehead atoms. The zero-order chi connectivity index (χ0) is 90.7. The van der Waals surface area contributed by atoms with Crippen molar-refractivity contribution in [1.29, 1.82) is 0 Å². The molecule has 6 heterocycles. The first-order valence-electron chi connectivity index (χ1n) is 46.7. The molecule has 10 nitrogen and oxygen atoms in total. The lowest BCUT2D eigenvalue weighted by Gasteiger charge is -2.39. The minimum atomic E-state index is -0.813. The maximum absolute atomic E-state index is 7.05. The van der Waals surface area contributed by atoms with E-state index < -0.39 is 10.8 Å². The van der Waals surface area contributed by atoms with Crippen molar-refractivity contribution >= 4 is 43.9 Å². The van der Waals surface area contributed by atoms with Gasteiger partial charge in [-0.05, 0) is 207 Å². The van der Waals surface area contributed by atoms with Crippen LogP contribution < -0.4 is 9.47 Å². The van der Waals surface area contributed by atoms with E-state index in [-0.39, 0.29) is 0 Å². The summed E-state index contributed by atoms with van der Waals surface area (Å²) < 4.78 is 27.2. The van der Waals surface area contributed by atoms with Crippen LogP contribution in [0.3, 0.4) is 0 Å². The summed E-state index contributed by atoms with van der Waals surface area (Å²) in [5.41, 5.74) is 35.1. The van der Waals surface area contributed by atoms with Crippen LogP contribution in [0.15, 0.2) is 470 Å². The standard InChI is InChI=1S/C128H76N6O4/c1-4-25-77(26-5-1)78-49-51-79(52-50-78)82-57-63-85(64-58-82)91-65-68-96-110(76-91)128(106-39-14-20-47-116(106)137-117-48-21-15-40-107(117)128)108-41-23-35-97(118(96)108)125-131-122(87-29-8-3-9-30-87)132-126(134-125)102-75-93(74-100-95-34-11-17-44-112(95)138-120(100)102)89-32-22-31-88(71-89)83-59-53-80(54-60-83)81-55-61-84(62-56-81)90-66-69-103-101(72-90)119-98(36-24-42-109(119)127(103)104-37-12-18-45-114(104)136-115-46-19-13-38-105(115)127)124-130-121(86-27-6-2-7-28-86)129-123(133-124)92-67-70-113-99(73-92)94-33-10-16-43-111(94)135-113/h1-76H. The average molecular weight is 1760 g/mol. The van der Waals surface area contributed by atoms with Crippen LogP contribution in [0, 0.1) is 0 Å². The number of ether oxygens (including phenoxy) is 2. The number of aromatic nitrogens is 6. The van der Waals surface area contributed by atoms with Crippen molar-refractivity contribution in [2.75, 3.05) is 0 Å². The molecule has 0 amide bonds. The number of rotatable bonds is 13. The van der Waals surface area contributed by atoms with Gasteiger partial charge >= 0.3 is 0 Å². The maximum atomic E-state index is 7.05. The predicted molar refractivity (Wildman–Crippen MR) is 553 cm³/mol. The number of hydrogen-bond donors (Lipinski definition) is 0. The van der Waals surface area contributed by atoms with Gasteiger partial charge < -0.3 is 18.3 Å². The molecule has 4 aromatic heterocycles. The van der Waals surface area contributed by atoms with Crippen LogP contribution in [0.2, 0.25) is 0 Å². The molecule has 20 aromatic carbocycles. The summed E-state index contributed by atoms with van der Waals surface area (Å²) >= 11 is 0. The molecule has 0 atom stereocenters. The quantitative estimate of drug-likeness (QED) is 0.110. The highest BCUT2D eigenvalue weighted by molar-refractivity contribution is 6.12. The second-order valence-electron chi connectivity index (χ2n) is 36.1. The Kier molecular flexibility index (Phi) is 17.7. The molecule has 2 aliphatic carbocycles. The van der Waals surface area contributed by atoms with E-state index in [1.165, 1.54) is 11.1 Å². The van der Waals surface area contributed by atoms with Gasteiger partial charge in [0.25, 0.3) is 0 Å². The predicted octanol–water partition coefficient (Wildman–Crippen LogP) is 32.5. The fraction of sp³-hybridized carbons (Fsp3) is 0.0156. The molecule has 24 aromatic rings. The third-order valence-electron chi connectivity index (χ3n) is 28.6. The van der Waals surface area contributed by atoms with E-state index in [0.29, 0.717) is 40.5 Å². The van der Waals surface area contributed by atoms with Crippen LogP contribution in [0.25, 0.3) is 212 Å². The number of fused-ring (bicyclic) bond motifs is 24. The van der Waals surface area contributed by atoms with E-state index in [1.807, 2.05) is 72.8 Å². The second kappa shape index (κ2) is 31.1. The lowest BCUT2D eigenvalue weighted by Crippen LogP contribution is -2.32. The maximum Gasteiger partial charge on any atom is 0.167 e. The Bertz CT molecular complexity index is 9040. The van der Waals surface area contributed by atoms with Crippen molar-refractivity contribution in [3.8, 4) is 191 Å². The highest BCUT2D eigenvalue weighted by Crippen LogP contribution is 2.66. The van der Waals surface area contributed by atoms with Gasteiger partial charge in [-0.1, -0.05) is 376 Å². The van der Waals surface area contributed by atoms with E-state index in [1.54, 1.807) is 0 Å². The number of benzene rings is 20. The zero-order valence-electron chi connectivity index (χ0n) is 74.2. The molecule has 28 rings (SSSR count). The molecule has 2 spiro atoms. The highest BCUT2D eigenvalue weighted by atomic mass is 16.5. The van der Waals surface area contributed by atoms with Crippen molar-refractivity contribution in [1.82, 2.24) is 29.9 Å². The zero-order valence-corrected chi connectivity index (χ0v) is 74.2. The van der Waals surface area contributed by atoms with Gasteiger partial charge in [-0.25, -0.2) is 29.9 Å². The summed E-state index contributed by atoms with van der Waals surface area (Å²) in [4.78, 5) is 33.0. The molecule has 0 N–H and O–H groups in total. The summed E-state index contributed by atoms with van der Waals surface area (Å²) in [5.74, 6) is 6.50. The summed E-state index contributed by atoms with van der Waals surface area (Å²) in [5, 5.41) is 3.97. The first-order chi connectivity index (χ1) is 68.3. The molecule has 0 unspecified atom stereocenters. The first-order valence-corrected chi connectivity index (χ1v) is 46.7. The van der Waals surface area contributed by atoms with E-state index in [4.69, 9.17) is 48.2 Å². The van der Waals surface area contributed by atoms with Crippen molar-refractivity contribution in [3.05, 3.63) is 506 Å². The smallest absolute Gasteiger partial charge is 0.167 e. The Morgan fingerprint density at radius 2 is 0.471 bits per heavy atom. The van der Waals surface area contributed by atoms with Gasteiger partial charge in [0.05, 0.1) is 16.4 Å². The molecular weight excluding hydrogens is 1690 g/mol. The van der Waals surface area contributed by atoms with Gasteiger partial charge in [0.2, 0.25) is 0 Å². The SMILES string of the molecule is c1ccc(-c2ccc(-c3ccc(-c4ccc5c(c4)C4(c6ccccc6Oc6ccccc64)c4cccc(-c6nc(-c7ccccc7)nc(-c7cc(-c8cccc(-c9ccc(-c%10ccc(-c%11ccc%12c(c%11)-c%11c(-c%13nc(-c%14ccccc%14)nc(-c%14ccc%15oc%16ccccc%16c%15c%14)n%13)cccc%11C%12%11c%12ccccc%12Oc%12ccccc%12%11)cc%10)cc9)c8)cc8c7oc7ccccc78)n6)c4-5)cc3)cc2)cc1. The Labute approximate surface area is 794 Å². The van der Waals surface area contributed by atoms with Crippen LogP contribution >= 0.6 is 0 Å². The van der Waals surface area contributed by atoms with Gasteiger partial charge in [-0.15, -0.1) is 0 Å². The van der Waals surface area contributed by atoms with Crippen molar-refractivity contribution in [2.45, 2.75) is 10.8 Å². The number of hydrogen-bond acceptors (Lipinski definition) is 10. The van der Waals surface area contributed by atoms with Crippen LogP contribution in [0.5, 0.6) is 23.0 Å². The lowest BCUT2D eigenvalue weighted by atomic mass is 9.66. The highest BCUT2D eigenvalue weighted by Gasteiger charge is 2.54. The largest absolute Gasteiger partial charge is 0.457 e. The fourth-order valence-electron chi connectivity index (χ4n) is 22.3.